The molecule has 3 rings (SSSR count). The lowest BCUT2D eigenvalue weighted by Gasteiger charge is -2.30. The van der Waals surface area contributed by atoms with Gasteiger partial charge in [-0.2, -0.15) is 0 Å². The van der Waals surface area contributed by atoms with Crippen LogP contribution in [0.4, 0.5) is 11.4 Å². The highest BCUT2D eigenvalue weighted by atomic mass is 16.5. The van der Waals surface area contributed by atoms with Gasteiger partial charge in [0.15, 0.2) is 6.29 Å². The molecule has 0 radical (unpaired) electrons. The molecule has 0 saturated heterocycles. The maximum atomic E-state index is 11.2. The Morgan fingerprint density at radius 3 is 3.18 bits per heavy atom. The smallest absolute Gasteiger partial charge is 0.248 e. The van der Waals surface area contributed by atoms with Crippen molar-refractivity contribution in [2.24, 2.45) is 5.73 Å². The van der Waals surface area contributed by atoms with Crippen molar-refractivity contribution >= 4 is 17.3 Å². The van der Waals surface area contributed by atoms with Gasteiger partial charge >= 0.3 is 0 Å². The molecule has 0 aliphatic carbocycles. The summed E-state index contributed by atoms with van der Waals surface area (Å²) in [7, 11) is 1.88. The number of nitrogens with two attached hydrogens (primary N) is 1. The van der Waals surface area contributed by atoms with Crippen molar-refractivity contribution < 1.29 is 9.53 Å². The number of carbonyl (C=O) groups is 1. The van der Waals surface area contributed by atoms with Crippen LogP contribution >= 0.6 is 0 Å². The lowest BCUT2D eigenvalue weighted by molar-refractivity contribution is 0.1000. The minimum Gasteiger partial charge on any atom is -0.489 e. The first-order chi connectivity index (χ1) is 8.20. The molecule has 2 aliphatic heterocycles. The van der Waals surface area contributed by atoms with Crippen LogP contribution in [0.3, 0.4) is 0 Å². The Morgan fingerprint density at radius 2 is 2.47 bits per heavy atom. The summed E-state index contributed by atoms with van der Waals surface area (Å²) in [5.41, 5.74) is 7.65. The molecule has 17 heavy (non-hydrogen) atoms. The molecule has 0 aromatic heterocycles. The van der Waals surface area contributed by atoms with E-state index in [4.69, 9.17) is 10.5 Å². The molecule has 6 nitrogen and oxygen atoms in total. The summed E-state index contributed by atoms with van der Waals surface area (Å²) >= 11 is 0. The summed E-state index contributed by atoms with van der Waals surface area (Å²) in [6.45, 7) is 1.42. The van der Waals surface area contributed by atoms with E-state index in [1.54, 1.807) is 12.1 Å². The van der Waals surface area contributed by atoms with Gasteiger partial charge in [-0.25, -0.2) is 0 Å². The molecule has 6 heteroatoms. The quantitative estimate of drug-likeness (QED) is 0.666. The Hall–Kier alpha value is -1.95. The van der Waals surface area contributed by atoms with Crippen molar-refractivity contribution in [3.8, 4) is 5.75 Å². The largest absolute Gasteiger partial charge is 0.489 e. The van der Waals surface area contributed by atoms with Gasteiger partial charge in [0.05, 0.1) is 12.2 Å². The number of benzene rings is 1. The Bertz CT molecular complexity index is 489. The number of anilines is 2. The minimum atomic E-state index is -0.445. The van der Waals surface area contributed by atoms with Crippen molar-refractivity contribution in [3.63, 3.8) is 0 Å². The monoisotopic (exact) mass is 234 g/mol. The summed E-state index contributed by atoms with van der Waals surface area (Å²) in [5, 5.41) is 6.45. The molecule has 1 amide bonds. The zero-order valence-corrected chi connectivity index (χ0v) is 9.49. The average Bonchev–Trinajstić information content (AvgIpc) is 2.69. The number of hydrogen-bond acceptors (Lipinski definition) is 5. The van der Waals surface area contributed by atoms with Crippen LogP contribution in [0.1, 0.15) is 10.4 Å². The van der Waals surface area contributed by atoms with E-state index in [1.165, 1.54) is 0 Å². The van der Waals surface area contributed by atoms with Gasteiger partial charge in [0, 0.05) is 5.56 Å². The third-order valence-corrected chi connectivity index (χ3v) is 3.11. The molecule has 0 bridgehead atoms. The van der Waals surface area contributed by atoms with Crippen LogP contribution in [0.2, 0.25) is 0 Å². The summed E-state index contributed by atoms with van der Waals surface area (Å²) in [6.07, 6.45) is 0.0378. The first kappa shape index (κ1) is 10.2. The van der Waals surface area contributed by atoms with E-state index in [0.717, 1.165) is 17.9 Å². The van der Waals surface area contributed by atoms with Crippen molar-refractivity contribution in [1.82, 2.24) is 5.32 Å². The van der Waals surface area contributed by atoms with Crippen LogP contribution in [0.25, 0.3) is 0 Å². The van der Waals surface area contributed by atoms with E-state index in [1.807, 2.05) is 7.05 Å². The summed E-state index contributed by atoms with van der Waals surface area (Å²) < 4.78 is 5.58. The number of nitrogens with one attached hydrogen (secondary N) is 2. The second kappa shape index (κ2) is 3.53. The first-order valence-corrected chi connectivity index (χ1v) is 5.52. The third kappa shape index (κ3) is 1.41. The number of hydrogen-bond donors (Lipinski definition) is 3. The molecule has 0 fully saturated rings. The maximum Gasteiger partial charge on any atom is 0.248 e. The maximum absolute atomic E-state index is 11.2. The van der Waals surface area contributed by atoms with E-state index in [2.05, 4.69) is 15.5 Å². The SMILES string of the molecule is CNC1Nc2cc(C(N)=O)cc3c2N1CCO3. The fourth-order valence-electron chi connectivity index (χ4n) is 2.34. The molecular weight excluding hydrogens is 220 g/mol. The van der Waals surface area contributed by atoms with Gasteiger partial charge in [0.25, 0.3) is 0 Å². The van der Waals surface area contributed by atoms with Crippen LogP contribution in [0.15, 0.2) is 12.1 Å². The van der Waals surface area contributed by atoms with E-state index in [-0.39, 0.29) is 6.29 Å². The Kier molecular flexibility index (Phi) is 2.12. The molecule has 2 aliphatic rings. The highest BCUT2D eigenvalue weighted by molar-refractivity contribution is 5.97. The average molecular weight is 234 g/mol. The van der Waals surface area contributed by atoms with Crippen molar-refractivity contribution in [2.45, 2.75) is 6.29 Å². The highest BCUT2D eigenvalue weighted by Crippen LogP contribution is 2.44. The third-order valence-electron chi connectivity index (χ3n) is 3.11. The zero-order chi connectivity index (χ0) is 12.0. The van der Waals surface area contributed by atoms with Gasteiger partial charge in [-0.1, -0.05) is 0 Å². The van der Waals surface area contributed by atoms with Gasteiger partial charge in [-0.15, -0.1) is 0 Å². The first-order valence-electron chi connectivity index (χ1n) is 5.52. The van der Waals surface area contributed by atoms with Crippen molar-refractivity contribution in [2.75, 3.05) is 30.4 Å². The Morgan fingerprint density at radius 1 is 1.65 bits per heavy atom. The van der Waals surface area contributed by atoms with Gasteiger partial charge in [-0.05, 0) is 19.2 Å². The van der Waals surface area contributed by atoms with Crippen LogP contribution < -0.4 is 26.0 Å². The van der Waals surface area contributed by atoms with E-state index in [9.17, 15) is 4.79 Å². The summed E-state index contributed by atoms with van der Waals surface area (Å²) in [6, 6.07) is 3.47. The Labute approximate surface area is 98.7 Å². The summed E-state index contributed by atoms with van der Waals surface area (Å²) in [5.74, 6) is 0.271. The molecule has 0 spiro atoms. The van der Waals surface area contributed by atoms with Gasteiger partial charge < -0.3 is 20.7 Å². The molecule has 90 valence electrons. The standard InChI is InChI=1S/C11H14N4O2/c1-13-11-14-7-4-6(10(12)16)5-8-9(7)15(11)2-3-17-8/h4-5,11,13-14H,2-3H2,1H3,(H2,12,16). The molecule has 4 N–H and O–H groups in total. The normalized spacial score (nSPS) is 20.5. The van der Waals surface area contributed by atoms with Gasteiger partial charge in [0.1, 0.15) is 18.0 Å². The molecular formula is C11H14N4O2. The number of nitrogens with zero attached hydrogens (tertiary/aromatic N) is 1. The number of carbonyl (C=O) groups excluding carboxylic acids is 1. The molecule has 1 aromatic carbocycles. The lowest BCUT2D eigenvalue weighted by Crippen LogP contribution is -2.48. The number of rotatable bonds is 2. The van der Waals surface area contributed by atoms with Crippen LogP contribution in [0.5, 0.6) is 5.75 Å². The lowest BCUT2D eigenvalue weighted by atomic mass is 10.1. The Balaban J connectivity index is 2.12. The number of primary amides is 1. The molecule has 1 unspecified atom stereocenters. The molecule has 1 aromatic rings. The van der Waals surface area contributed by atoms with Crippen LogP contribution in [-0.2, 0) is 0 Å². The van der Waals surface area contributed by atoms with Gasteiger partial charge in [0.2, 0.25) is 5.91 Å². The van der Waals surface area contributed by atoms with E-state index >= 15 is 0 Å². The fourth-order valence-corrected chi connectivity index (χ4v) is 2.34. The number of amides is 1. The van der Waals surface area contributed by atoms with E-state index in [0.29, 0.717) is 17.9 Å². The second-order valence-corrected chi connectivity index (χ2v) is 4.11. The predicted octanol–water partition coefficient (Wildman–Crippen LogP) is -0.0872. The predicted molar refractivity (Wildman–Crippen MR) is 64.3 cm³/mol. The number of ether oxygens (including phenoxy) is 1. The highest BCUT2D eigenvalue weighted by Gasteiger charge is 2.34. The zero-order valence-electron chi connectivity index (χ0n) is 9.49. The van der Waals surface area contributed by atoms with Crippen LogP contribution in [0, 0.1) is 0 Å². The van der Waals surface area contributed by atoms with Gasteiger partial charge in [-0.3, -0.25) is 10.1 Å². The van der Waals surface area contributed by atoms with E-state index < -0.39 is 5.91 Å². The topological polar surface area (TPSA) is 79.6 Å². The molecule has 2 heterocycles. The summed E-state index contributed by atoms with van der Waals surface area (Å²) in [4.78, 5) is 13.4. The van der Waals surface area contributed by atoms with Crippen molar-refractivity contribution in [3.05, 3.63) is 17.7 Å². The fraction of sp³-hybridized carbons (Fsp3) is 0.364. The minimum absolute atomic E-state index is 0.0378. The second-order valence-electron chi connectivity index (χ2n) is 4.11. The molecule has 0 saturated carbocycles. The van der Waals surface area contributed by atoms with Crippen LogP contribution in [-0.4, -0.2) is 32.4 Å². The molecule has 1 atom stereocenters. The van der Waals surface area contributed by atoms with Crippen molar-refractivity contribution in [1.29, 1.82) is 0 Å².